The molecule has 160 valence electrons. The summed E-state index contributed by atoms with van der Waals surface area (Å²) in [5.41, 5.74) is 9.05. The third-order valence-corrected chi connectivity index (χ3v) is 6.03. The minimum Gasteiger partial charge on any atom is -0.375 e. The van der Waals surface area contributed by atoms with E-state index in [1.807, 2.05) is 0 Å². The maximum Gasteiger partial charge on any atom is 0.0366 e. The maximum absolute atomic E-state index is 4.37. The van der Waals surface area contributed by atoms with Crippen molar-refractivity contribution in [3.8, 4) is 0 Å². The van der Waals surface area contributed by atoms with E-state index < -0.39 is 0 Å². The number of nitrogens with zero attached hydrogens (tertiary/aromatic N) is 2. The Kier molecular flexibility index (Phi) is 7.36. The number of hydrogen-bond acceptors (Lipinski definition) is 2. The first kappa shape index (κ1) is 22.4. The third-order valence-electron chi connectivity index (χ3n) is 6.03. The molecule has 2 heteroatoms. The molecular formula is C29H34N2. The van der Waals surface area contributed by atoms with Crippen LogP contribution >= 0.6 is 0 Å². The SMILES string of the molecule is C=C(c1ccc(N(C)CC)cc1)c1cccc(C(=C)c2ccc(N(CC)CC)cc2)c1. The van der Waals surface area contributed by atoms with E-state index in [1.54, 1.807) is 0 Å². The van der Waals surface area contributed by atoms with E-state index in [1.165, 1.54) is 11.4 Å². The van der Waals surface area contributed by atoms with Crippen LogP contribution in [0.25, 0.3) is 11.1 Å². The summed E-state index contributed by atoms with van der Waals surface area (Å²) >= 11 is 0. The summed E-state index contributed by atoms with van der Waals surface area (Å²) in [5, 5.41) is 0. The molecule has 0 aliphatic rings. The van der Waals surface area contributed by atoms with Crippen LogP contribution in [0.4, 0.5) is 11.4 Å². The van der Waals surface area contributed by atoms with Crippen LogP contribution in [0, 0.1) is 0 Å². The number of hydrogen-bond donors (Lipinski definition) is 0. The molecule has 3 aromatic carbocycles. The van der Waals surface area contributed by atoms with Crippen molar-refractivity contribution in [2.45, 2.75) is 20.8 Å². The summed E-state index contributed by atoms with van der Waals surface area (Å²) in [7, 11) is 2.10. The summed E-state index contributed by atoms with van der Waals surface area (Å²) < 4.78 is 0. The average Bonchev–Trinajstić information content (AvgIpc) is 2.84. The van der Waals surface area contributed by atoms with Crippen LogP contribution in [0.1, 0.15) is 43.0 Å². The Balaban J connectivity index is 1.80. The highest BCUT2D eigenvalue weighted by Crippen LogP contribution is 2.29. The largest absolute Gasteiger partial charge is 0.375 e. The Bertz CT molecular complexity index is 1030. The lowest BCUT2D eigenvalue weighted by atomic mass is 9.93. The van der Waals surface area contributed by atoms with Gasteiger partial charge in [-0.05, 0) is 84.5 Å². The quantitative estimate of drug-likeness (QED) is 0.371. The standard InChI is InChI=1S/C29H34N2/c1-7-30(6)28-17-13-24(14-18-28)22(4)26-11-10-12-27(21-26)23(5)25-15-19-29(20-16-25)31(8-2)9-3/h10-21H,4-5,7-9H2,1-3,6H3. The van der Waals surface area contributed by atoms with Crippen LogP contribution in [-0.4, -0.2) is 26.7 Å². The molecule has 0 aromatic heterocycles. The van der Waals surface area contributed by atoms with E-state index >= 15 is 0 Å². The second-order valence-electron chi connectivity index (χ2n) is 7.82. The highest BCUT2D eigenvalue weighted by Gasteiger charge is 2.09. The van der Waals surface area contributed by atoms with E-state index in [4.69, 9.17) is 0 Å². The molecule has 0 atom stereocenters. The van der Waals surface area contributed by atoms with Gasteiger partial charge in [-0.1, -0.05) is 55.6 Å². The average molecular weight is 411 g/mol. The van der Waals surface area contributed by atoms with Gasteiger partial charge < -0.3 is 9.80 Å². The van der Waals surface area contributed by atoms with E-state index in [-0.39, 0.29) is 0 Å². The highest BCUT2D eigenvalue weighted by molar-refractivity contribution is 5.84. The molecule has 0 unspecified atom stereocenters. The number of anilines is 2. The second kappa shape index (κ2) is 10.2. The Morgan fingerprint density at radius 3 is 1.48 bits per heavy atom. The fourth-order valence-electron chi connectivity index (χ4n) is 3.79. The van der Waals surface area contributed by atoms with Crippen LogP contribution in [-0.2, 0) is 0 Å². The fourth-order valence-corrected chi connectivity index (χ4v) is 3.79. The molecule has 2 nitrogen and oxygen atoms in total. The lowest BCUT2D eigenvalue weighted by Gasteiger charge is -2.21. The van der Waals surface area contributed by atoms with E-state index in [0.717, 1.165) is 53.0 Å². The molecule has 0 spiro atoms. The molecule has 0 saturated carbocycles. The third kappa shape index (κ3) is 5.08. The molecular weight excluding hydrogens is 376 g/mol. The van der Waals surface area contributed by atoms with Gasteiger partial charge in [-0.2, -0.15) is 0 Å². The first-order valence-corrected chi connectivity index (χ1v) is 11.1. The van der Waals surface area contributed by atoms with Gasteiger partial charge in [0, 0.05) is 38.1 Å². The molecule has 0 heterocycles. The van der Waals surface area contributed by atoms with Crippen molar-refractivity contribution < 1.29 is 0 Å². The van der Waals surface area contributed by atoms with Gasteiger partial charge in [0.05, 0.1) is 0 Å². The lowest BCUT2D eigenvalue weighted by Crippen LogP contribution is -2.21. The lowest BCUT2D eigenvalue weighted by molar-refractivity contribution is 0.866. The van der Waals surface area contributed by atoms with Crippen molar-refractivity contribution in [2.75, 3.05) is 36.5 Å². The summed E-state index contributed by atoms with van der Waals surface area (Å²) in [5.74, 6) is 0. The van der Waals surface area contributed by atoms with Gasteiger partial charge >= 0.3 is 0 Å². The Labute approximate surface area is 188 Å². The minimum atomic E-state index is 0.986. The van der Waals surface area contributed by atoms with E-state index in [0.29, 0.717) is 0 Å². The van der Waals surface area contributed by atoms with Crippen LogP contribution in [0.3, 0.4) is 0 Å². The first-order valence-electron chi connectivity index (χ1n) is 11.1. The monoisotopic (exact) mass is 410 g/mol. The van der Waals surface area contributed by atoms with Crippen LogP contribution < -0.4 is 9.80 Å². The molecule has 0 amide bonds. The molecule has 0 fully saturated rings. The summed E-state index contributed by atoms with van der Waals surface area (Å²) in [6, 6.07) is 25.8. The fraction of sp³-hybridized carbons (Fsp3) is 0.241. The summed E-state index contributed by atoms with van der Waals surface area (Å²) in [6.45, 7) is 18.3. The van der Waals surface area contributed by atoms with Gasteiger partial charge in [0.15, 0.2) is 0 Å². The molecule has 0 aliphatic heterocycles. The van der Waals surface area contributed by atoms with Crippen molar-refractivity contribution in [2.24, 2.45) is 0 Å². The molecule has 0 aliphatic carbocycles. The molecule has 3 rings (SSSR count). The molecule has 0 N–H and O–H groups in total. The minimum absolute atomic E-state index is 0.986. The molecule has 3 aromatic rings. The van der Waals surface area contributed by atoms with Crippen LogP contribution in [0.5, 0.6) is 0 Å². The zero-order chi connectivity index (χ0) is 22.4. The van der Waals surface area contributed by atoms with Crippen LogP contribution in [0.15, 0.2) is 86.0 Å². The zero-order valence-electron chi connectivity index (χ0n) is 19.4. The number of rotatable bonds is 9. The topological polar surface area (TPSA) is 6.48 Å². The van der Waals surface area contributed by atoms with Crippen molar-refractivity contribution in [1.29, 1.82) is 0 Å². The highest BCUT2D eigenvalue weighted by atomic mass is 15.1. The molecule has 0 bridgehead atoms. The van der Waals surface area contributed by atoms with Gasteiger partial charge in [-0.15, -0.1) is 0 Å². The van der Waals surface area contributed by atoms with E-state index in [9.17, 15) is 0 Å². The normalized spacial score (nSPS) is 10.6. The predicted octanol–water partition coefficient (Wildman–Crippen LogP) is 7.11. The smallest absolute Gasteiger partial charge is 0.0366 e. The second-order valence-corrected chi connectivity index (χ2v) is 7.82. The predicted molar refractivity (Wildman–Crippen MR) is 138 cm³/mol. The Morgan fingerprint density at radius 1 is 0.613 bits per heavy atom. The first-order chi connectivity index (χ1) is 15.0. The van der Waals surface area contributed by atoms with Gasteiger partial charge in [-0.3, -0.25) is 0 Å². The van der Waals surface area contributed by atoms with Gasteiger partial charge in [0.1, 0.15) is 0 Å². The molecule has 31 heavy (non-hydrogen) atoms. The van der Waals surface area contributed by atoms with Gasteiger partial charge in [0.2, 0.25) is 0 Å². The molecule has 0 radical (unpaired) electrons. The van der Waals surface area contributed by atoms with Crippen molar-refractivity contribution >= 4 is 22.5 Å². The van der Waals surface area contributed by atoms with Crippen molar-refractivity contribution in [1.82, 2.24) is 0 Å². The summed E-state index contributed by atoms with van der Waals surface area (Å²) in [6.07, 6.45) is 0. The van der Waals surface area contributed by atoms with E-state index in [2.05, 4.69) is 124 Å². The Hall–Kier alpha value is -3.26. The summed E-state index contributed by atoms with van der Waals surface area (Å²) in [4.78, 5) is 4.57. The zero-order valence-corrected chi connectivity index (χ0v) is 19.4. The Morgan fingerprint density at radius 2 is 1.06 bits per heavy atom. The van der Waals surface area contributed by atoms with Crippen molar-refractivity contribution in [3.05, 3.63) is 108 Å². The van der Waals surface area contributed by atoms with Crippen LogP contribution in [0.2, 0.25) is 0 Å². The van der Waals surface area contributed by atoms with Gasteiger partial charge in [0.25, 0.3) is 0 Å². The van der Waals surface area contributed by atoms with Crippen molar-refractivity contribution in [3.63, 3.8) is 0 Å². The number of benzene rings is 3. The maximum atomic E-state index is 4.37. The molecule has 0 saturated heterocycles. The van der Waals surface area contributed by atoms with Gasteiger partial charge in [-0.25, -0.2) is 0 Å².